The minimum Gasteiger partial charge on any atom is -0.497 e. The van der Waals surface area contributed by atoms with E-state index in [-0.39, 0.29) is 11.8 Å². The highest BCUT2D eigenvalue weighted by molar-refractivity contribution is 6.02. The summed E-state index contributed by atoms with van der Waals surface area (Å²) in [6.45, 7) is 4.57. The zero-order chi connectivity index (χ0) is 12.8. The van der Waals surface area contributed by atoms with E-state index in [1.165, 1.54) is 0 Å². The van der Waals surface area contributed by atoms with E-state index in [0.29, 0.717) is 17.1 Å². The third-order valence-corrected chi connectivity index (χ3v) is 2.58. The van der Waals surface area contributed by atoms with Crippen LogP contribution in [0.25, 0.3) is 0 Å². The van der Waals surface area contributed by atoms with Gasteiger partial charge in [-0.25, -0.2) is 0 Å². The van der Waals surface area contributed by atoms with Crippen molar-refractivity contribution in [1.29, 1.82) is 0 Å². The van der Waals surface area contributed by atoms with Gasteiger partial charge in [-0.2, -0.15) is 0 Å². The molecule has 0 aliphatic rings. The minimum absolute atomic E-state index is 0.0198. The summed E-state index contributed by atoms with van der Waals surface area (Å²) in [5, 5.41) is 3.09. The molecular formula is C13H19NO3. The summed E-state index contributed by atoms with van der Waals surface area (Å²) in [5.41, 5.74) is 0.571. The van der Waals surface area contributed by atoms with Crippen LogP contribution < -0.4 is 14.8 Å². The minimum atomic E-state index is -0.220. The van der Waals surface area contributed by atoms with Gasteiger partial charge in [-0.15, -0.1) is 0 Å². The number of hydrogen-bond donors (Lipinski definition) is 1. The Morgan fingerprint density at radius 1 is 1.35 bits per heavy atom. The first-order valence-electron chi connectivity index (χ1n) is 5.63. The van der Waals surface area contributed by atoms with Crippen LogP contribution in [0, 0.1) is 0 Å². The van der Waals surface area contributed by atoms with Crippen LogP contribution in [0.15, 0.2) is 18.2 Å². The van der Waals surface area contributed by atoms with Crippen molar-refractivity contribution in [3.05, 3.63) is 23.8 Å². The normalized spacial score (nSPS) is 12.0. The second kappa shape index (κ2) is 6.25. The number of ketones is 1. The average molecular weight is 237 g/mol. The Balaban J connectivity index is 3.00. The van der Waals surface area contributed by atoms with Crippen molar-refractivity contribution < 1.29 is 14.3 Å². The molecule has 1 unspecified atom stereocenters. The number of nitrogens with one attached hydrogen (secondary N) is 1. The summed E-state index contributed by atoms with van der Waals surface area (Å²) < 4.78 is 10.3. The zero-order valence-electron chi connectivity index (χ0n) is 10.7. The van der Waals surface area contributed by atoms with Crippen molar-refractivity contribution >= 4 is 5.78 Å². The first-order chi connectivity index (χ1) is 8.13. The number of benzene rings is 1. The monoisotopic (exact) mass is 237 g/mol. The van der Waals surface area contributed by atoms with Gasteiger partial charge in [0.05, 0.1) is 25.8 Å². The van der Waals surface area contributed by atoms with Crippen LogP contribution in [-0.2, 0) is 0 Å². The number of methoxy groups -OCH3 is 2. The lowest BCUT2D eigenvalue weighted by atomic mass is 10.0. The molecule has 0 saturated carbocycles. The molecule has 1 aromatic rings. The fourth-order valence-corrected chi connectivity index (χ4v) is 1.63. The predicted molar refractivity (Wildman–Crippen MR) is 67.0 cm³/mol. The molecule has 0 aliphatic heterocycles. The van der Waals surface area contributed by atoms with Crippen LogP contribution in [0.4, 0.5) is 0 Å². The molecule has 17 heavy (non-hydrogen) atoms. The Labute approximate surface area is 102 Å². The van der Waals surface area contributed by atoms with E-state index >= 15 is 0 Å². The van der Waals surface area contributed by atoms with Gasteiger partial charge >= 0.3 is 0 Å². The molecule has 0 bridgehead atoms. The van der Waals surface area contributed by atoms with Crippen LogP contribution in [0.1, 0.15) is 24.2 Å². The second-order valence-corrected chi connectivity index (χ2v) is 3.71. The van der Waals surface area contributed by atoms with Gasteiger partial charge in [-0.1, -0.05) is 6.92 Å². The Bertz CT molecular complexity index is 390. The molecule has 0 aliphatic carbocycles. The zero-order valence-corrected chi connectivity index (χ0v) is 10.7. The molecule has 1 aromatic carbocycles. The number of carbonyl (C=O) groups excluding carboxylic acids is 1. The SMILES string of the molecule is CCNC(C)C(=O)c1ccc(OC)cc1OC. The molecule has 4 heteroatoms. The summed E-state index contributed by atoms with van der Waals surface area (Å²) in [4.78, 5) is 12.1. The summed E-state index contributed by atoms with van der Waals surface area (Å²) in [5.74, 6) is 1.24. The Morgan fingerprint density at radius 3 is 2.59 bits per heavy atom. The summed E-state index contributed by atoms with van der Waals surface area (Å²) in [7, 11) is 3.13. The fraction of sp³-hybridized carbons (Fsp3) is 0.462. The maximum Gasteiger partial charge on any atom is 0.183 e. The van der Waals surface area contributed by atoms with Gasteiger partial charge in [0.1, 0.15) is 11.5 Å². The summed E-state index contributed by atoms with van der Waals surface area (Å²) >= 11 is 0. The van der Waals surface area contributed by atoms with E-state index in [2.05, 4.69) is 5.32 Å². The Morgan fingerprint density at radius 2 is 2.06 bits per heavy atom. The fourth-order valence-electron chi connectivity index (χ4n) is 1.63. The lowest BCUT2D eigenvalue weighted by Gasteiger charge is -2.14. The molecule has 0 fully saturated rings. The first kappa shape index (κ1) is 13.5. The molecule has 94 valence electrons. The van der Waals surface area contributed by atoms with Gasteiger partial charge in [-0.3, -0.25) is 4.79 Å². The van der Waals surface area contributed by atoms with Crippen molar-refractivity contribution in [2.75, 3.05) is 20.8 Å². The molecule has 0 heterocycles. The topological polar surface area (TPSA) is 47.6 Å². The molecule has 4 nitrogen and oxygen atoms in total. The van der Waals surface area contributed by atoms with E-state index in [4.69, 9.17) is 9.47 Å². The third kappa shape index (κ3) is 3.20. The Hall–Kier alpha value is -1.55. The van der Waals surface area contributed by atoms with Crippen molar-refractivity contribution in [2.45, 2.75) is 19.9 Å². The molecule has 0 spiro atoms. The van der Waals surface area contributed by atoms with Crippen molar-refractivity contribution in [1.82, 2.24) is 5.32 Å². The quantitative estimate of drug-likeness (QED) is 0.767. The number of hydrogen-bond acceptors (Lipinski definition) is 4. The lowest BCUT2D eigenvalue weighted by Crippen LogP contribution is -2.33. The van der Waals surface area contributed by atoms with Crippen molar-refractivity contribution in [3.63, 3.8) is 0 Å². The largest absolute Gasteiger partial charge is 0.497 e. The van der Waals surface area contributed by atoms with Crippen LogP contribution >= 0.6 is 0 Å². The maximum atomic E-state index is 12.1. The highest BCUT2D eigenvalue weighted by Crippen LogP contribution is 2.25. The lowest BCUT2D eigenvalue weighted by molar-refractivity contribution is 0.0949. The van der Waals surface area contributed by atoms with Gasteiger partial charge in [0, 0.05) is 6.07 Å². The van der Waals surface area contributed by atoms with Crippen molar-refractivity contribution in [2.24, 2.45) is 0 Å². The van der Waals surface area contributed by atoms with Crippen LogP contribution in [0.3, 0.4) is 0 Å². The highest BCUT2D eigenvalue weighted by Gasteiger charge is 2.18. The number of rotatable bonds is 6. The van der Waals surface area contributed by atoms with Crippen LogP contribution in [0.5, 0.6) is 11.5 Å². The molecule has 0 aromatic heterocycles. The van der Waals surface area contributed by atoms with E-state index in [1.807, 2.05) is 13.8 Å². The number of likely N-dealkylation sites (N-methyl/N-ethyl adjacent to an activating group) is 1. The number of ether oxygens (including phenoxy) is 2. The smallest absolute Gasteiger partial charge is 0.183 e. The number of Topliss-reactive ketones (excluding diaryl/α,β-unsaturated/α-hetero) is 1. The van der Waals surface area contributed by atoms with E-state index in [1.54, 1.807) is 32.4 Å². The van der Waals surface area contributed by atoms with Crippen LogP contribution in [-0.4, -0.2) is 32.6 Å². The van der Waals surface area contributed by atoms with Gasteiger partial charge < -0.3 is 14.8 Å². The molecule has 0 saturated heterocycles. The highest BCUT2D eigenvalue weighted by atomic mass is 16.5. The van der Waals surface area contributed by atoms with Gasteiger partial charge in [0.15, 0.2) is 5.78 Å². The average Bonchev–Trinajstić information content (AvgIpc) is 2.37. The van der Waals surface area contributed by atoms with E-state index in [0.717, 1.165) is 6.54 Å². The van der Waals surface area contributed by atoms with Crippen LogP contribution in [0.2, 0.25) is 0 Å². The molecular weight excluding hydrogens is 218 g/mol. The first-order valence-corrected chi connectivity index (χ1v) is 5.63. The van der Waals surface area contributed by atoms with Gasteiger partial charge in [-0.05, 0) is 25.6 Å². The van der Waals surface area contributed by atoms with Crippen molar-refractivity contribution in [3.8, 4) is 11.5 Å². The number of carbonyl (C=O) groups is 1. The van der Waals surface area contributed by atoms with Gasteiger partial charge in [0.2, 0.25) is 0 Å². The van der Waals surface area contributed by atoms with Gasteiger partial charge in [0.25, 0.3) is 0 Å². The molecule has 0 radical (unpaired) electrons. The third-order valence-electron chi connectivity index (χ3n) is 2.58. The molecule has 1 N–H and O–H groups in total. The molecule has 1 rings (SSSR count). The standard InChI is InChI=1S/C13H19NO3/c1-5-14-9(2)13(15)11-7-6-10(16-3)8-12(11)17-4/h6-9,14H,5H2,1-4H3. The Kier molecular flexibility index (Phi) is 4.97. The summed E-state index contributed by atoms with van der Waals surface area (Å²) in [6.07, 6.45) is 0. The molecule has 1 atom stereocenters. The second-order valence-electron chi connectivity index (χ2n) is 3.71. The van der Waals surface area contributed by atoms with E-state index < -0.39 is 0 Å². The molecule has 0 amide bonds. The summed E-state index contributed by atoms with van der Waals surface area (Å²) in [6, 6.07) is 4.98. The predicted octanol–water partition coefficient (Wildman–Crippen LogP) is 1.88. The maximum absolute atomic E-state index is 12.1. The van der Waals surface area contributed by atoms with E-state index in [9.17, 15) is 4.79 Å².